The molecule has 13 heavy (non-hydrogen) atoms. The van der Waals surface area contributed by atoms with Gasteiger partial charge in [-0.2, -0.15) is 0 Å². The number of benzene rings is 1. The monoisotopic (exact) mass is 220 g/mol. The second-order valence-corrected chi connectivity index (χ2v) is 3.33. The van der Waals surface area contributed by atoms with Gasteiger partial charge in [0.15, 0.2) is 0 Å². The number of para-hydroxylation sites is 1. The first kappa shape index (κ1) is 13.1. The van der Waals surface area contributed by atoms with E-state index in [1.54, 1.807) is 12.1 Å². The number of hydrogen-bond donors (Lipinski definition) is 1. The average molecular weight is 220 g/mol. The molecule has 0 aliphatic heterocycles. The minimum absolute atomic E-state index is 0. The fourth-order valence-corrected chi connectivity index (χ4v) is 0.843. The maximum Gasteiger partial charge on any atom is 1.00 e. The predicted octanol–water partition coefficient (Wildman–Crippen LogP) is -1.22. The summed E-state index contributed by atoms with van der Waals surface area (Å²) in [5.74, 6) is 0. The van der Waals surface area contributed by atoms with Crippen LogP contribution >= 0.6 is 12.2 Å². The summed E-state index contributed by atoms with van der Waals surface area (Å²) in [5, 5.41) is 1.62. The van der Waals surface area contributed by atoms with Crippen molar-refractivity contribution in [3.63, 3.8) is 0 Å². The van der Waals surface area contributed by atoms with Crippen LogP contribution in [0, 0.1) is 0 Å². The maximum atomic E-state index is 4.80. The van der Waals surface area contributed by atoms with Crippen LogP contribution in [0.25, 0.3) is 0 Å². The molecule has 0 unspecified atom stereocenters. The van der Waals surface area contributed by atoms with Gasteiger partial charge in [-0.1, -0.05) is 18.2 Å². The van der Waals surface area contributed by atoms with Crippen molar-refractivity contribution in [2.75, 3.05) is 12.5 Å². The molecule has 0 saturated heterocycles. The van der Waals surface area contributed by atoms with E-state index in [4.69, 9.17) is 24.8 Å². The number of rotatable bonds is 2. The summed E-state index contributed by atoms with van der Waals surface area (Å²) in [6.45, 7) is 0. The van der Waals surface area contributed by atoms with E-state index in [-0.39, 0.29) is 29.6 Å². The molecule has 1 aromatic rings. The van der Waals surface area contributed by atoms with Gasteiger partial charge in [0, 0.05) is 7.05 Å². The Balaban J connectivity index is 0.00000144. The van der Waals surface area contributed by atoms with Crippen molar-refractivity contribution in [1.82, 2.24) is 5.01 Å². The van der Waals surface area contributed by atoms with Crippen LogP contribution in [0.4, 0.5) is 5.69 Å². The third kappa shape index (κ3) is 4.78. The van der Waals surface area contributed by atoms with Gasteiger partial charge in [0.25, 0.3) is 0 Å². The van der Waals surface area contributed by atoms with Crippen LogP contribution in [0.1, 0.15) is 0 Å². The zero-order chi connectivity index (χ0) is 8.97. The zero-order valence-electron chi connectivity index (χ0n) is 7.65. The van der Waals surface area contributed by atoms with Crippen molar-refractivity contribution in [3.8, 4) is 0 Å². The van der Waals surface area contributed by atoms with Crippen LogP contribution in [0.15, 0.2) is 30.3 Å². The Bertz CT molecular complexity index is 266. The van der Waals surface area contributed by atoms with E-state index in [1.807, 2.05) is 30.3 Å². The van der Waals surface area contributed by atoms with Gasteiger partial charge < -0.3 is 35.3 Å². The van der Waals surface area contributed by atoms with Crippen molar-refractivity contribution in [2.45, 2.75) is 0 Å². The number of hydrazine groups is 1. The SMILES string of the molecule is CN(Nc1ccccc1)C(=S)[S-].[Na+]. The molecule has 0 amide bonds. The van der Waals surface area contributed by atoms with E-state index in [0.29, 0.717) is 4.32 Å². The molecule has 1 N–H and O–H groups in total. The van der Waals surface area contributed by atoms with Crippen molar-refractivity contribution in [1.29, 1.82) is 0 Å². The minimum atomic E-state index is 0. The second kappa shape index (κ2) is 6.56. The predicted molar refractivity (Wildman–Crippen MR) is 57.8 cm³/mol. The molecule has 64 valence electrons. The van der Waals surface area contributed by atoms with Crippen LogP contribution in [-0.4, -0.2) is 16.4 Å². The quantitative estimate of drug-likeness (QED) is 0.291. The third-order valence-electron chi connectivity index (χ3n) is 1.34. The van der Waals surface area contributed by atoms with E-state index in [0.717, 1.165) is 5.69 Å². The molecule has 5 heteroatoms. The first-order valence-electron chi connectivity index (χ1n) is 3.46. The van der Waals surface area contributed by atoms with E-state index < -0.39 is 0 Å². The van der Waals surface area contributed by atoms with Gasteiger partial charge in [-0.25, -0.2) is 0 Å². The van der Waals surface area contributed by atoms with Crippen LogP contribution in [0.5, 0.6) is 0 Å². The van der Waals surface area contributed by atoms with Crippen LogP contribution in [-0.2, 0) is 12.6 Å². The van der Waals surface area contributed by atoms with Gasteiger partial charge in [0.05, 0.1) is 5.69 Å². The van der Waals surface area contributed by atoms with Crippen LogP contribution in [0.2, 0.25) is 0 Å². The fourth-order valence-electron chi connectivity index (χ4n) is 0.752. The number of nitrogens with zero attached hydrogens (tertiary/aromatic N) is 1. The Morgan fingerprint density at radius 3 is 2.38 bits per heavy atom. The molecule has 0 spiro atoms. The van der Waals surface area contributed by atoms with Gasteiger partial charge in [-0.3, -0.25) is 0 Å². The van der Waals surface area contributed by atoms with E-state index >= 15 is 0 Å². The first-order chi connectivity index (χ1) is 5.70. The molecule has 0 atom stereocenters. The Morgan fingerprint density at radius 2 is 1.92 bits per heavy atom. The molecule has 0 heterocycles. The molecule has 0 fully saturated rings. The molecule has 0 aromatic heterocycles. The number of anilines is 1. The molecule has 0 aliphatic carbocycles. The average Bonchev–Trinajstić information content (AvgIpc) is 2.06. The van der Waals surface area contributed by atoms with E-state index in [1.165, 1.54) is 0 Å². The van der Waals surface area contributed by atoms with Crippen molar-refractivity contribution < 1.29 is 29.6 Å². The first-order valence-corrected chi connectivity index (χ1v) is 4.28. The van der Waals surface area contributed by atoms with Crippen LogP contribution < -0.4 is 35.0 Å². The molecule has 1 aromatic carbocycles. The zero-order valence-corrected chi connectivity index (χ0v) is 11.3. The summed E-state index contributed by atoms with van der Waals surface area (Å²) in [7, 11) is 1.79. The molecule has 2 nitrogen and oxygen atoms in total. The number of thiocarbonyl (C=S) groups is 1. The van der Waals surface area contributed by atoms with E-state index in [9.17, 15) is 0 Å². The summed E-state index contributed by atoms with van der Waals surface area (Å²) in [6.07, 6.45) is 0. The van der Waals surface area contributed by atoms with Gasteiger partial charge in [0.2, 0.25) is 0 Å². The Kier molecular flexibility index (Phi) is 6.63. The Hall–Kier alpha value is 0.130. The topological polar surface area (TPSA) is 15.3 Å². The Morgan fingerprint density at radius 1 is 1.38 bits per heavy atom. The minimum Gasteiger partial charge on any atom is -0.409 e. The summed E-state index contributed by atoms with van der Waals surface area (Å²) in [5.41, 5.74) is 4.01. The van der Waals surface area contributed by atoms with Crippen molar-refractivity contribution >= 4 is 34.9 Å². The number of hydrogen-bond acceptors (Lipinski definition) is 3. The smallest absolute Gasteiger partial charge is 0.409 e. The molecule has 0 saturated carbocycles. The van der Waals surface area contributed by atoms with Gasteiger partial charge in [0.1, 0.15) is 0 Å². The normalized spacial score (nSPS) is 8.38. The summed E-state index contributed by atoms with van der Waals surface area (Å²) in [6, 6.07) is 9.75. The van der Waals surface area contributed by atoms with Crippen LogP contribution in [0.3, 0.4) is 0 Å². The molecular weight excluding hydrogens is 211 g/mol. The molecule has 0 aliphatic rings. The second-order valence-electron chi connectivity index (χ2n) is 2.30. The fraction of sp³-hybridized carbons (Fsp3) is 0.125. The molecular formula is C8H9N2NaS2. The standard InChI is InChI=1S/C8H10N2S2.Na/c1-10(8(11)12)9-7-5-3-2-4-6-7;/h2-6,9H,1H3,(H,11,12);/q;+1/p-1. The molecule has 0 bridgehead atoms. The van der Waals surface area contributed by atoms with Gasteiger partial charge in [-0.15, -0.1) is 0 Å². The van der Waals surface area contributed by atoms with Gasteiger partial charge >= 0.3 is 29.6 Å². The molecule has 1 rings (SSSR count). The molecule has 0 radical (unpaired) electrons. The van der Waals surface area contributed by atoms with Crippen molar-refractivity contribution in [2.24, 2.45) is 0 Å². The summed E-state index contributed by atoms with van der Waals surface area (Å²) in [4.78, 5) is 0. The number of nitrogens with one attached hydrogen (secondary N) is 1. The largest absolute Gasteiger partial charge is 1.00 e. The summed E-state index contributed by atoms with van der Waals surface area (Å²) < 4.78 is 0.402. The summed E-state index contributed by atoms with van der Waals surface area (Å²) >= 11 is 9.59. The maximum absolute atomic E-state index is 4.80. The third-order valence-corrected chi connectivity index (χ3v) is 1.89. The van der Waals surface area contributed by atoms with Crippen molar-refractivity contribution in [3.05, 3.63) is 30.3 Å². The Labute approximate surface area is 111 Å². The van der Waals surface area contributed by atoms with E-state index in [2.05, 4.69) is 5.43 Å². The van der Waals surface area contributed by atoms with Gasteiger partial charge in [-0.05, 0) is 16.5 Å².